The van der Waals surface area contributed by atoms with E-state index in [9.17, 15) is 0 Å². The highest BCUT2D eigenvalue weighted by atomic mass is 14.6. The molecule has 1 nitrogen and oxygen atoms in total. The molecule has 0 aromatic heterocycles. The van der Waals surface area contributed by atoms with Gasteiger partial charge in [-0.25, -0.2) is 0 Å². The number of benzene rings is 1. The van der Waals surface area contributed by atoms with Crippen LogP contribution >= 0.6 is 0 Å². The van der Waals surface area contributed by atoms with E-state index in [-0.39, 0.29) is 6.04 Å². The van der Waals surface area contributed by atoms with Gasteiger partial charge in [-0.15, -0.1) is 0 Å². The average molecular weight is 213 g/mol. The Hall–Kier alpha value is -1.26. The first-order valence-electron chi connectivity index (χ1n) is 6.18. The van der Waals surface area contributed by atoms with Gasteiger partial charge >= 0.3 is 0 Å². The van der Waals surface area contributed by atoms with E-state index in [0.717, 1.165) is 12.0 Å². The van der Waals surface area contributed by atoms with Gasteiger partial charge in [-0.3, -0.25) is 0 Å². The Balaban J connectivity index is 2.19. The van der Waals surface area contributed by atoms with Gasteiger partial charge in [-0.05, 0) is 55.4 Å². The molecule has 1 aromatic carbocycles. The Morgan fingerprint density at radius 3 is 2.75 bits per heavy atom. The normalized spacial score (nSPS) is 15.9. The van der Waals surface area contributed by atoms with Crippen LogP contribution in [0.15, 0.2) is 18.2 Å². The summed E-state index contributed by atoms with van der Waals surface area (Å²) in [6.07, 6.45) is 6.01. The van der Waals surface area contributed by atoms with Crippen molar-refractivity contribution < 1.29 is 0 Å². The Bertz CT molecular complexity index is 423. The van der Waals surface area contributed by atoms with Crippen molar-refractivity contribution >= 4 is 0 Å². The van der Waals surface area contributed by atoms with Crippen LogP contribution in [0.5, 0.6) is 0 Å². The monoisotopic (exact) mass is 213 g/mol. The first-order valence-corrected chi connectivity index (χ1v) is 6.18. The van der Waals surface area contributed by atoms with Crippen molar-refractivity contribution in [1.82, 2.24) is 0 Å². The minimum atomic E-state index is 0.0102. The maximum Gasteiger partial charge on any atom is 0.0665 e. The van der Waals surface area contributed by atoms with E-state index in [1.807, 2.05) is 0 Å². The van der Waals surface area contributed by atoms with E-state index in [4.69, 9.17) is 5.73 Å². The Morgan fingerprint density at radius 1 is 1.25 bits per heavy atom. The minimum absolute atomic E-state index is 0.0102. The molecule has 1 heteroatoms. The highest BCUT2D eigenvalue weighted by Gasteiger charge is 2.08. The van der Waals surface area contributed by atoms with Crippen LogP contribution in [0.4, 0.5) is 0 Å². The number of hydrogen-bond acceptors (Lipinski definition) is 1. The summed E-state index contributed by atoms with van der Waals surface area (Å²) in [5, 5.41) is 0. The largest absolute Gasteiger partial charge is 0.318 e. The lowest BCUT2D eigenvalue weighted by molar-refractivity contribution is 0.685. The quantitative estimate of drug-likeness (QED) is 0.713. The molecule has 1 atom stereocenters. The van der Waals surface area contributed by atoms with Gasteiger partial charge in [0.2, 0.25) is 0 Å². The minimum Gasteiger partial charge on any atom is -0.318 e. The lowest BCUT2D eigenvalue weighted by Gasteiger charge is -2.15. The van der Waals surface area contributed by atoms with Crippen LogP contribution in [0.3, 0.4) is 0 Å². The van der Waals surface area contributed by atoms with Gasteiger partial charge in [-0.2, -0.15) is 0 Å². The lowest BCUT2D eigenvalue weighted by Crippen LogP contribution is -2.15. The predicted octanol–water partition coefficient (Wildman–Crippen LogP) is 2.65. The van der Waals surface area contributed by atoms with Gasteiger partial charge in [0.25, 0.3) is 0 Å². The molecule has 2 N–H and O–H groups in total. The molecule has 1 aliphatic rings. The van der Waals surface area contributed by atoms with E-state index in [1.165, 1.54) is 36.8 Å². The third-order valence-corrected chi connectivity index (χ3v) is 3.19. The fourth-order valence-corrected chi connectivity index (χ4v) is 2.09. The maximum absolute atomic E-state index is 5.78. The molecule has 0 bridgehead atoms. The van der Waals surface area contributed by atoms with Crippen molar-refractivity contribution in [3.05, 3.63) is 34.9 Å². The second-order valence-electron chi connectivity index (χ2n) is 4.47. The Kier molecular flexibility index (Phi) is 3.64. The van der Waals surface area contributed by atoms with Gasteiger partial charge < -0.3 is 5.73 Å². The van der Waals surface area contributed by atoms with Crippen LogP contribution in [0.1, 0.15) is 42.9 Å². The van der Waals surface area contributed by atoms with E-state index in [0.29, 0.717) is 0 Å². The molecule has 2 rings (SSSR count). The third-order valence-electron chi connectivity index (χ3n) is 3.19. The molecule has 0 spiro atoms. The summed E-state index contributed by atoms with van der Waals surface area (Å²) in [6.45, 7) is 2.06. The fourth-order valence-electron chi connectivity index (χ4n) is 2.09. The SMILES string of the molecule is CCC(N)C#Cc1ccc2c(c1)CCCC2. The molecule has 84 valence electrons. The summed E-state index contributed by atoms with van der Waals surface area (Å²) in [5.74, 6) is 6.25. The molecule has 0 amide bonds. The molecule has 16 heavy (non-hydrogen) atoms. The van der Waals surface area contributed by atoms with Crippen LogP contribution < -0.4 is 5.73 Å². The van der Waals surface area contributed by atoms with Crippen LogP contribution in [0.2, 0.25) is 0 Å². The van der Waals surface area contributed by atoms with E-state index in [1.54, 1.807) is 0 Å². The first kappa shape index (κ1) is 11.2. The van der Waals surface area contributed by atoms with Crippen LogP contribution in [-0.4, -0.2) is 6.04 Å². The zero-order chi connectivity index (χ0) is 11.4. The van der Waals surface area contributed by atoms with Crippen molar-refractivity contribution in [2.45, 2.75) is 45.1 Å². The molecule has 0 radical (unpaired) electrons. The number of aryl methyl sites for hydroxylation is 2. The zero-order valence-electron chi connectivity index (χ0n) is 9.92. The second kappa shape index (κ2) is 5.18. The highest BCUT2D eigenvalue weighted by Crippen LogP contribution is 2.21. The van der Waals surface area contributed by atoms with Crippen molar-refractivity contribution in [1.29, 1.82) is 0 Å². The number of fused-ring (bicyclic) bond motifs is 1. The average Bonchev–Trinajstić information content (AvgIpc) is 2.35. The van der Waals surface area contributed by atoms with Crippen LogP contribution in [-0.2, 0) is 12.8 Å². The Morgan fingerprint density at radius 2 is 2.00 bits per heavy atom. The van der Waals surface area contributed by atoms with Crippen molar-refractivity contribution in [2.24, 2.45) is 5.73 Å². The van der Waals surface area contributed by atoms with Crippen LogP contribution in [0, 0.1) is 11.8 Å². The first-order chi connectivity index (χ1) is 7.79. The van der Waals surface area contributed by atoms with Crippen LogP contribution in [0.25, 0.3) is 0 Å². The summed E-state index contributed by atoms with van der Waals surface area (Å²) < 4.78 is 0. The number of hydrogen-bond donors (Lipinski definition) is 1. The number of nitrogens with two attached hydrogens (primary N) is 1. The third kappa shape index (κ3) is 2.65. The summed E-state index contributed by atoms with van der Waals surface area (Å²) in [4.78, 5) is 0. The van der Waals surface area contributed by atoms with Crippen molar-refractivity contribution in [2.75, 3.05) is 0 Å². The van der Waals surface area contributed by atoms with Gasteiger partial charge in [-0.1, -0.05) is 24.8 Å². The summed E-state index contributed by atoms with van der Waals surface area (Å²) >= 11 is 0. The summed E-state index contributed by atoms with van der Waals surface area (Å²) in [6, 6.07) is 6.61. The standard InChI is InChI=1S/C15H19N/c1-2-15(16)10-8-12-7-9-13-5-3-4-6-14(13)11-12/h7,9,11,15H,2-6,16H2,1H3. The topological polar surface area (TPSA) is 26.0 Å². The summed E-state index contributed by atoms with van der Waals surface area (Å²) in [5.41, 5.74) is 9.90. The Labute approximate surface area is 98.0 Å². The van der Waals surface area contributed by atoms with Gasteiger partial charge in [0.15, 0.2) is 0 Å². The molecular formula is C15H19N. The molecule has 0 aliphatic heterocycles. The van der Waals surface area contributed by atoms with Gasteiger partial charge in [0, 0.05) is 5.56 Å². The zero-order valence-corrected chi connectivity index (χ0v) is 9.92. The second-order valence-corrected chi connectivity index (χ2v) is 4.47. The molecule has 0 fully saturated rings. The fraction of sp³-hybridized carbons (Fsp3) is 0.467. The van der Waals surface area contributed by atoms with Crippen molar-refractivity contribution in [3.8, 4) is 11.8 Å². The summed E-state index contributed by atoms with van der Waals surface area (Å²) in [7, 11) is 0. The van der Waals surface area contributed by atoms with Gasteiger partial charge in [0.05, 0.1) is 6.04 Å². The highest BCUT2D eigenvalue weighted by molar-refractivity contribution is 5.42. The molecule has 1 aliphatic carbocycles. The molecule has 0 heterocycles. The molecule has 0 saturated carbocycles. The number of rotatable bonds is 1. The smallest absolute Gasteiger partial charge is 0.0665 e. The maximum atomic E-state index is 5.78. The van der Waals surface area contributed by atoms with E-state index in [2.05, 4.69) is 37.0 Å². The molecule has 1 unspecified atom stereocenters. The lowest BCUT2D eigenvalue weighted by atomic mass is 9.90. The molecular weight excluding hydrogens is 194 g/mol. The molecule has 1 aromatic rings. The van der Waals surface area contributed by atoms with Crippen molar-refractivity contribution in [3.63, 3.8) is 0 Å². The molecule has 0 saturated heterocycles. The predicted molar refractivity (Wildman–Crippen MR) is 68.2 cm³/mol. The van der Waals surface area contributed by atoms with Gasteiger partial charge in [0.1, 0.15) is 0 Å². The van der Waals surface area contributed by atoms with E-state index < -0.39 is 0 Å². The van der Waals surface area contributed by atoms with E-state index >= 15 is 0 Å².